The summed E-state index contributed by atoms with van der Waals surface area (Å²) in [5.74, 6) is -0.826. The highest BCUT2D eigenvalue weighted by atomic mass is 16.5. The fourth-order valence-corrected chi connectivity index (χ4v) is 1.28. The van der Waals surface area contributed by atoms with Gasteiger partial charge in [0.25, 0.3) is 0 Å². The second kappa shape index (κ2) is 7.62. The summed E-state index contributed by atoms with van der Waals surface area (Å²) in [6.07, 6.45) is 0.643. The average molecular weight is 218 g/mol. The van der Waals surface area contributed by atoms with Gasteiger partial charge in [-0.25, -0.2) is 0 Å². The van der Waals surface area contributed by atoms with Crippen molar-refractivity contribution < 1.29 is 14.6 Å². The third-order valence-corrected chi connectivity index (χ3v) is 2.15. The normalized spacial score (nSPS) is 13.5. The van der Waals surface area contributed by atoms with Crippen molar-refractivity contribution in [1.82, 2.24) is 4.90 Å². The van der Waals surface area contributed by atoms with E-state index in [2.05, 4.69) is 0 Å². The topological polar surface area (TPSA) is 75.8 Å². The van der Waals surface area contributed by atoms with Crippen molar-refractivity contribution in [2.24, 2.45) is 5.73 Å². The van der Waals surface area contributed by atoms with E-state index in [1.165, 1.54) is 0 Å². The first-order chi connectivity index (χ1) is 6.99. The predicted octanol–water partition coefficient (Wildman–Crippen LogP) is 0.145. The number of rotatable bonds is 8. The highest BCUT2D eigenvalue weighted by Gasteiger charge is 2.21. The first kappa shape index (κ1) is 14.3. The van der Waals surface area contributed by atoms with Crippen LogP contribution in [0.5, 0.6) is 0 Å². The Morgan fingerprint density at radius 2 is 2.13 bits per heavy atom. The summed E-state index contributed by atoms with van der Waals surface area (Å²) >= 11 is 0. The number of ether oxygens (including phenoxy) is 1. The van der Waals surface area contributed by atoms with Crippen LogP contribution in [0.4, 0.5) is 0 Å². The number of carbonyl (C=O) groups is 1. The maximum Gasteiger partial charge on any atom is 0.320 e. The molecule has 0 aliphatic rings. The van der Waals surface area contributed by atoms with Crippen LogP contribution in [0.15, 0.2) is 0 Å². The van der Waals surface area contributed by atoms with Gasteiger partial charge in [0.2, 0.25) is 0 Å². The van der Waals surface area contributed by atoms with Gasteiger partial charge in [0, 0.05) is 6.54 Å². The lowest BCUT2D eigenvalue weighted by molar-refractivity contribution is -0.143. The van der Waals surface area contributed by atoms with Gasteiger partial charge < -0.3 is 15.6 Å². The number of likely N-dealkylation sites (N-methyl/N-ethyl adjacent to an activating group) is 1. The quantitative estimate of drug-likeness (QED) is 0.606. The van der Waals surface area contributed by atoms with Crippen LogP contribution in [0.25, 0.3) is 0 Å². The first-order valence-electron chi connectivity index (χ1n) is 5.23. The molecule has 0 amide bonds. The Bertz CT molecular complexity index is 186. The lowest BCUT2D eigenvalue weighted by Gasteiger charge is -2.24. The lowest BCUT2D eigenvalue weighted by Crippen LogP contribution is -2.41. The van der Waals surface area contributed by atoms with Crippen LogP contribution < -0.4 is 5.73 Å². The van der Waals surface area contributed by atoms with Crippen LogP contribution in [0.2, 0.25) is 0 Å². The van der Waals surface area contributed by atoms with Crippen molar-refractivity contribution in [3.63, 3.8) is 0 Å². The van der Waals surface area contributed by atoms with Crippen LogP contribution in [-0.4, -0.2) is 54.9 Å². The molecule has 0 saturated carbocycles. The molecular weight excluding hydrogens is 196 g/mol. The lowest BCUT2D eigenvalue weighted by atomic mass is 10.2. The summed E-state index contributed by atoms with van der Waals surface area (Å²) < 4.78 is 5.35. The van der Waals surface area contributed by atoms with E-state index in [1.54, 1.807) is 11.9 Å². The van der Waals surface area contributed by atoms with Crippen molar-refractivity contribution in [2.45, 2.75) is 32.4 Å². The number of hydrogen-bond donors (Lipinski definition) is 2. The second-order valence-corrected chi connectivity index (χ2v) is 3.83. The van der Waals surface area contributed by atoms with Crippen molar-refractivity contribution in [3.8, 4) is 0 Å². The van der Waals surface area contributed by atoms with E-state index in [1.807, 2.05) is 13.8 Å². The van der Waals surface area contributed by atoms with Crippen molar-refractivity contribution in [3.05, 3.63) is 0 Å². The van der Waals surface area contributed by atoms with E-state index in [-0.39, 0.29) is 6.10 Å². The maximum absolute atomic E-state index is 10.9. The zero-order valence-electron chi connectivity index (χ0n) is 9.77. The smallest absolute Gasteiger partial charge is 0.320 e. The molecular formula is C10H22N2O3. The highest BCUT2D eigenvalue weighted by molar-refractivity contribution is 5.73. The van der Waals surface area contributed by atoms with Gasteiger partial charge in [0.1, 0.15) is 6.04 Å². The van der Waals surface area contributed by atoms with Gasteiger partial charge in [-0.05, 0) is 33.9 Å². The minimum absolute atomic E-state index is 0.177. The zero-order valence-corrected chi connectivity index (χ0v) is 9.77. The van der Waals surface area contributed by atoms with Crippen LogP contribution in [0, 0.1) is 0 Å². The summed E-state index contributed by atoms with van der Waals surface area (Å²) in [5.41, 5.74) is 5.36. The Morgan fingerprint density at radius 3 is 2.53 bits per heavy atom. The fourth-order valence-electron chi connectivity index (χ4n) is 1.28. The molecule has 5 heteroatoms. The monoisotopic (exact) mass is 218 g/mol. The zero-order chi connectivity index (χ0) is 11.8. The van der Waals surface area contributed by atoms with Gasteiger partial charge >= 0.3 is 5.97 Å². The summed E-state index contributed by atoms with van der Waals surface area (Å²) in [5, 5.41) is 8.95. The molecule has 0 aromatic heterocycles. The summed E-state index contributed by atoms with van der Waals surface area (Å²) in [4.78, 5) is 12.7. The fraction of sp³-hybridized carbons (Fsp3) is 0.900. The Labute approximate surface area is 91.2 Å². The summed E-state index contributed by atoms with van der Waals surface area (Å²) in [6, 6.07) is -0.509. The second-order valence-electron chi connectivity index (χ2n) is 3.83. The molecule has 0 fully saturated rings. The number of nitrogens with two attached hydrogens (primary N) is 1. The largest absolute Gasteiger partial charge is 0.480 e. The SMILES string of the molecule is CC(C)OCCN(C)C(CCN)C(=O)O. The molecule has 0 aromatic rings. The molecule has 90 valence electrons. The molecule has 1 atom stereocenters. The van der Waals surface area contributed by atoms with Gasteiger partial charge in [-0.15, -0.1) is 0 Å². The average Bonchev–Trinajstić information content (AvgIpc) is 2.12. The summed E-state index contributed by atoms with van der Waals surface area (Å²) in [6.45, 7) is 5.44. The molecule has 3 N–H and O–H groups in total. The van der Waals surface area contributed by atoms with Crippen molar-refractivity contribution >= 4 is 5.97 Å². The number of hydrogen-bond acceptors (Lipinski definition) is 4. The molecule has 0 aliphatic heterocycles. The highest BCUT2D eigenvalue weighted by Crippen LogP contribution is 2.01. The van der Waals surface area contributed by atoms with E-state index in [4.69, 9.17) is 15.6 Å². The number of nitrogens with zero attached hydrogens (tertiary/aromatic N) is 1. The summed E-state index contributed by atoms with van der Waals surface area (Å²) in [7, 11) is 1.78. The van der Waals surface area contributed by atoms with Crippen molar-refractivity contribution in [1.29, 1.82) is 0 Å². The number of carboxylic acid groups (broad SMARTS) is 1. The molecule has 5 nitrogen and oxygen atoms in total. The van der Waals surface area contributed by atoms with Crippen LogP contribution >= 0.6 is 0 Å². The molecule has 1 unspecified atom stereocenters. The molecule has 0 saturated heterocycles. The number of aliphatic carboxylic acids is 1. The third kappa shape index (κ3) is 6.43. The van der Waals surface area contributed by atoms with E-state index in [0.717, 1.165) is 0 Å². The minimum Gasteiger partial charge on any atom is -0.480 e. The maximum atomic E-state index is 10.9. The van der Waals surface area contributed by atoms with Gasteiger partial charge in [-0.1, -0.05) is 0 Å². The standard InChI is InChI=1S/C10H22N2O3/c1-8(2)15-7-6-12(3)9(4-5-11)10(13)14/h8-9H,4-7,11H2,1-3H3,(H,13,14). The first-order valence-corrected chi connectivity index (χ1v) is 5.23. The molecule has 0 rings (SSSR count). The Hall–Kier alpha value is -0.650. The third-order valence-electron chi connectivity index (χ3n) is 2.15. The molecule has 0 aromatic carbocycles. The molecule has 0 spiro atoms. The van der Waals surface area contributed by atoms with Gasteiger partial charge in [-0.2, -0.15) is 0 Å². The van der Waals surface area contributed by atoms with Crippen molar-refractivity contribution in [2.75, 3.05) is 26.7 Å². The Balaban J connectivity index is 3.91. The predicted molar refractivity (Wildman–Crippen MR) is 58.8 cm³/mol. The number of carboxylic acids is 1. The minimum atomic E-state index is -0.826. The molecule has 0 heterocycles. The van der Waals surface area contributed by atoms with E-state index in [0.29, 0.717) is 26.1 Å². The van der Waals surface area contributed by atoms with E-state index < -0.39 is 12.0 Å². The Morgan fingerprint density at radius 1 is 1.53 bits per heavy atom. The van der Waals surface area contributed by atoms with E-state index in [9.17, 15) is 4.79 Å². The molecule has 15 heavy (non-hydrogen) atoms. The van der Waals surface area contributed by atoms with Crippen LogP contribution in [0.1, 0.15) is 20.3 Å². The Kier molecular flexibility index (Phi) is 7.29. The van der Waals surface area contributed by atoms with E-state index >= 15 is 0 Å². The van der Waals surface area contributed by atoms with Crippen LogP contribution in [0.3, 0.4) is 0 Å². The van der Waals surface area contributed by atoms with Gasteiger partial charge in [0.05, 0.1) is 12.7 Å². The van der Waals surface area contributed by atoms with Gasteiger partial charge in [-0.3, -0.25) is 9.69 Å². The molecule has 0 bridgehead atoms. The van der Waals surface area contributed by atoms with Gasteiger partial charge in [0.15, 0.2) is 0 Å². The molecule has 0 radical (unpaired) electrons. The van der Waals surface area contributed by atoms with Crippen LogP contribution in [-0.2, 0) is 9.53 Å². The molecule has 0 aliphatic carbocycles.